The molecule has 1 saturated carbocycles. The van der Waals surface area contributed by atoms with Crippen LogP contribution in [0.3, 0.4) is 0 Å². The van der Waals surface area contributed by atoms with Crippen molar-refractivity contribution in [2.24, 2.45) is 0 Å². The molecule has 3 N–H and O–H groups in total. The molecule has 9 heteroatoms. The van der Waals surface area contributed by atoms with Crippen LogP contribution in [-0.2, 0) is 4.74 Å². The molecule has 8 nitrogen and oxygen atoms in total. The lowest BCUT2D eigenvalue weighted by atomic mass is 10.0. The fraction of sp³-hybridized carbons (Fsp3) is 0.688. The summed E-state index contributed by atoms with van der Waals surface area (Å²) in [4.78, 5) is 13.1. The minimum atomic E-state index is -1.15. The van der Waals surface area contributed by atoms with E-state index in [-0.39, 0.29) is 6.61 Å². The molecule has 3 heterocycles. The van der Waals surface area contributed by atoms with Gasteiger partial charge in [0.05, 0.1) is 12.9 Å². The van der Waals surface area contributed by atoms with Crippen LogP contribution in [0.25, 0.3) is 11.2 Å². The molecule has 0 spiro atoms. The summed E-state index contributed by atoms with van der Waals surface area (Å²) in [5.74, 6) is 0. The molecular formula is C16H22N4O4S. The van der Waals surface area contributed by atoms with E-state index in [2.05, 4.69) is 15.0 Å². The van der Waals surface area contributed by atoms with E-state index in [1.165, 1.54) is 38.4 Å². The first-order chi connectivity index (χ1) is 12.2. The molecule has 2 aromatic heterocycles. The number of hydrogen-bond donors (Lipinski definition) is 3. The standard InChI is InChI=1S/C16H22N4O4S/c21-6-10-12(22)13(23)16(24-10)20-8-19-11-14(20)17-7-18-15(11)25-9-4-2-1-3-5-9/h7-10,12-13,16,21-23H,1-6H2/t10-,12-,13-,16-/m1/s1. The molecule has 0 unspecified atom stereocenters. The summed E-state index contributed by atoms with van der Waals surface area (Å²) in [7, 11) is 0. The van der Waals surface area contributed by atoms with E-state index < -0.39 is 24.5 Å². The molecule has 4 atom stereocenters. The highest BCUT2D eigenvalue weighted by Gasteiger charge is 2.44. The highest BCUT2D eigenvalue weighted by molar-refractivity contribution is 8.00. The zero-order valence-electron chi connectivity index (χ0n) is 13.7. The molecular weight excluding hydrogens is 344 g/mol. The van der Waals surface area contributed by atoms with Gasteiger partial charge in [0.15, 0.2) is 11.9 Å². The fourth-order valence-electron chi connectivity index (χ4n) is 3.55. The van der Waals surface area contributed by atoms with Gasteiger partial charge >= 0.3 is 0 Å². The van der Waals surface area contributed by atoms with Gasteiger partial charge in [-0.1, -0.05) is 19.3 Å². The maximum Gasteiger partial charge on any atom is 0.166 e. The maximum atomic E-state index is 10.2. The third-order valence-corrected chi connectivity index (χ3v) is 6.27. The average molecular weight is 366 g/mol. The van der Waals surface area contributed by atoms with Crippen LogP contribution >= 0.6 is 11.8 Å². The molecule has 1 aliphatic heterocycles. The molecule has 0 aromatic carbocycles. The van der Waals surface area contributed by atoms with Crippen LogP contribution in [0.1, 0.15) is 38.3 Å². The normalized spacial score (nSPS) is 31.0. The van der Waals surface area contributed by atoms with Crippen molar-refractivity contribution in [1.29, 1.82) is 0 Å². The van der Waals surface area contributed by atoms with E-state index in [0.29, 0.717) is 16.4 Å². The minimum absolute atomic E-state index is 0.362. The summed E-state index contributed by atoms with van der Waals surface area (Å²) >= 11 is 1.74. The number of ether oxygens (including phenoxy) is 1. The summed E-state index contributed by atoms with van der Waals surface area (Å²) in [5.41, 5.74) is 1.24. The van der Waals surface area contributed by atoms with Crippen molar-refractivity contribution < 1.29 is 20.1 Å². The van der Waals surface area contributed by atoms with Crippen molar-refractivity contribution in [2.75, 3.05) is 6.61 Å². The van der Waals surface area contributed by atoms with Crippen LogP contribution in [0.15, 0.2) is 17.7 Å². The number of nitrogens with zero attached hydrogens (tertiary/aromatic N) is 4. The maximum absolute atomic E-state index is 10.2. The first-order valence-electron chi connectivity index (χ1n) is 8.65. The van der Waals surface area contributed by atoms with Crippen molar-refractivity contribution in [2.45, 2.75) is 66.9 Å². The van der Waals surface area contributed by atoms with E-state index >= 15 is 0 Å². The molecule has 2 fully saturated rings. The van der Waals surface area contributed by atoms with Gasteiger partial charge in [0.2, 0.25) is 0 Å². The zero-order valence-corrected chi connectivity index (χ0v) is 14.5. The van der Waals surface area contributed by atoms with Gasteiger partial charge in [-0.3, -0.25) is 4.57 Å². The Hall–Kier alpha value is -1.26. The minimum Gasteiger partial charge on any atom is -0.394 e. The number of aromatic nitrogens is 4. The summed E-state index contributed by atoms with van der Waals surface area (Å²) in [6.07, 6.45) is 5.26. The average Bonchev–Trinajstić information content (AvgIpc) is 3.18. The smallest absolute Gasteiger partial charge is 0.166 e. The van der Waals surface area contributed by atoms with Gasteiger partial charge in [0.1, 0.15) is 35.2 Å². The Morgan fingerprint density at radius 1 is 1.12 bits per heavy atom. The van der Waals surface area contributed by atoms with Gasteiger partial charge in [0, 0.05) is 5.25 Å². The number of imidazole rings is 1. The van der Waals surface area contributed by atoms with Crippen LogP contribution in [0, 0.1) is 0 Å². The topological polar surface area (TPSA) is 114 Å². The Balaban J connectivity index is 1.62. The molecule has 2 aliphatic rings. The Labute approximate surface area is 149 Å². The number of aliphatic hydroxyl groups excluding tert-OH is 3. The van der Waals surface area contributed by atoms with Gasteiger partial charge in [-0.2, -0.15) is 0 Å². The van der Waals surface area contributed by atoms with E-state index in [0.717, 1.165) is 5.03 Å². The predicted molar refractivity (Wildman–Crippen MR) is 91.1 cm³/mol. The molecule has 1 aliphatic carbocycles. The highest BCUT2D eigenvalue weighted by atomic mass is 32.2. The Bertz CT molecular complexity index is 736. The first kappa shape index (κ1) is 17.2. The second-order valence-electron chi connectivity index (χ2n) is 6.61. The fourth-order valence-corrected chi connectivity index (χ4v) is 4.80. The van der Waals surface area contributed by atoms with Crippen molar-refractivity contribution in [3.05, 3.63) is 12.7 Å². The summed E-state index contributed by atoms with van der Waals surface area (Å²) in [5, 5.41) is 30.8. The molecule has 136 valence electrons. The van der Waals surface area contributed by atoms with E-state index in [1.807, 2.05) is 0 Å². The van der Waals surface area contributed by atoms with Crippen LogP contribution in [0.4, 0.5) is 0 Å². The first-order valence-corrected chi connectivity index (χ1v) is 9.53. The molecule has 0 bridgehead atoms. The van der Waals surface area contributed by atoms with Crippen LogP contribution in [0.5, 0.6) is 0 Å². The summed E-state index contributed by atoms with van der Waals surface area (Å²) < 4.78 is 7.19. The lowest BCUT2D eigenvalue weighted by molar-refractivity contribution is -0.0511. The number of rotatable bonds is 4. The second kappa shape index (κ2) is 7.16. The van der Waals surface area contributed by atoms with Gasteiger partial charge < -0.3 is 20.1 Å². The largest absolute Gasteiger partial charge is 0.394 e. The molecule has 0 radical (unpaired) electrons. The molecule has 25 heavy (non-hydrogen) atoms. The monoisotopic (exact) mass is 366 g/mol. The number of aliphatic hydroxyl groups is 3. The zero-order chi connectivity index (χ0) is 17.4. The third kappa shape index (κ3) is 3.15. The Morgan fingerprint density at radius 3 is 2.64 bits per heavy atom. The van der Waals surface area contributed by atoms with Crippen LogP contribution in [-0.4, -0.2) is 65.0 Å². The number of fused-ring (bicyclic) bond motifs is 1. The lowest BCUT2D eigenvalue weighted by Gasteiger charge is -2.20. The lowest BCUT2D eigenvalue weighted by Crippen LogP contribution is -2.33. The van der Waals surface area contributed by atoms with Crippen molar-refractivity contribution in [3.8, 4) is 0 Å². The summed E-state index contributed by atoms with van der Waals surface area (Å²) in [6.45, 7) is -0.362. The van der Waals surface area contributed by atoms with Gasteiger partial charge in [0.25, 0.3) is 0 Å². The highest BCUT2D eigenvalue weighted by Crippen LogP contribution is 2.36. The molecule has 0 amide bonds. The third-order valence-electron chi connectivity index (χ3n) is 4.95. The van der Waals surface area contributed by atoms with Crippen molar-refractivity contribution in [3.63, 3.8) is 0 Å². The Morgan fingerprint density at radius 2 is 1.92 bits per heavy atom. The quantitative estimate of drug-likeness (QED) is 0.683. The van der Waals surface area contributed by atoms with Crippen LogP contribution in [0.2, 0.25) is 0 Å². The summed E-state index contributed by atoms with van der Waals surface area (Å²) in [6, 6.07) is 0. The number of hydrogen-bond acceptors (Lipinski definition) is 8. The van der Waals surface area contributed by atoms with Crippen molar-refractivity contribution in [1.82, 2.24) is 19.5 Å². The van der Waals surface area contributed by atoms with Gasteiger partial charge in [-0.15, -0.1) is 11.8 Å². The van der Waals surface area contributed by atoms with Crippen LogP contribution < -0.4 is 0 Å². The number of thioether (sulfide) groups is 1. The van der Waals surface area contributed by atoms with Crippen molar-refractivity contribution >= 4 is 22.9 Å². The second-order valence-corrected chi connectivity index (χ2v) is 7.90. The van der Waals surface area contributed by atoms with E-state index in [9.17, 15) is 15.3 Å². The van der Waals surface area contributed by atoms with E-state index in [4.69, 9.17) is 4.74 Å². The van der Waals surface area contributed by atoms with Gasteiger partial charge in [-0.25, -0.2) is 15.0 Å². The molecule has 4 rings (SSSR count). The molecule has 2 aromatic rings. The molecule has 1 saturated heterocycles. The predicted octanol–water partition coefficient (Wildman–Crippen LogP) is 0.863. The Kier molecular flexibility index (Phi) is 4.92. The van der Waals surface area contributed by atoms with E-state index in [1.54, 1.807) is 22.7 Å². The van der Waals surface area contributed by atoms with Gasteiger partial charge in [-0.05, 0) is 12.8 Å². The SMILES string of the molecule is OC[C@H]1O[C@@H](n2cnc3c(SC4CCCCC4)ncnc32)[C@H](O)[C@@H]1O.